The quantitative estimate of drug-likeness (QED) is 0.783. The van der Waals surface area contributed by atoms with Crippen LogP contribution in [0.1, 0.15) is 26.2 Å². The van der Waals surface area contributed by atoms with Crippen LogP contribution in [0.5, 0.6) is 5.75 Å². The molecule has 5 nitrogen and oxygen atoms in total. The third kappa shape index (κ3) is 4.37. The molecule has 0 radical (unpaired) electrons. The second-order valence-electron chi connectivity index (χ2n) is 5.19. The van der Waals surface area contributed by atoms with Crippen molar-refractivity contribution in [1.29, 1.82) is 0 Å². The zero-order valence-corrected chi connectivity index (χ0v) is 13.4. The highest BCUT2D eigenvalue weighted by molar-refractivity contribution is 6.17. The van der Waals surface area contributed by atoms with E-state index in [1.54, 1.807) is 4.90 Å². The average Bonchev–Trinajstić information content (AvgIpc) is 2.87. The van der Waals surface area contributed by atoms with Crippen LogP contribution in [0.4, 0.5) is 5.69 Å². The number of halogens is 1. The molecule has 120 valence electrons. The first-order chi connectivity index (χ1) is 10.6. The Morgan fingerprint density at radius 2 is 2.14 bits per heavy atom. The fraction of sp³-hybridized carbons (Fsp3) is 0.500. The predicted octanol–water partition coefficient (Wildman–Crippen LogP) is 2.33. The van der Waals surface area contributed by atoms with Gasteiger partial charge in [-0.05, 0) is 37.6 Å². The van der Waals surface area contributed by atoms with Crippen molar-refractivity contribution in [3.05, 3.63) is 24.3 Å². The van der Waals surface area contributed by atoms with E-state index in [1.807, 2.05) is 31.2 Å². The molecular weight excluding hydrogens is 304 g/mol. The first-order valence-corrected chi connectivity index (χ1v) is 8.06. The molecule has 0 aliphatic carbocycles. The van der Waals surface area contributed by atoms with Gasteiger partial charge in [0.1, 0.15) is 5.75 Å². The number of nitrogens with zero attached hydrogens (tertiary/aromatic N) is 1. The zero-order valence-electron chi connectivity index (χ0n) is 12.7. The van der Waals surface area contributed by atoms with Crippen molar-refractivity contribution in [3.63, 3.8) is 0 Å². The number of alkyl halides is 1. The minimum Gasteiger partial charge on any atom is -0.494 e. The fourth-order valence-corrected chi connectivity index (χ4v) is 2.60. The summed E-state index contributed by atoms with van der Waals surface area (Å²) in [5.41, 5.74) is 0.825. The lowest BCUT2D eigenvalue weighted by atomic mass is 10.2. The minimum atomic E-state index is -0.137. The van der Waals surface area contributed by atoms with Crippen LogP contribution < -0.4 is 15.0 Å². The summed E-state index contributed by atoms with van der Waals surface area (Å²) in [6, 6.07) is 7.28. The number of anilines is 1. The summed E-state index contributed by atoms with van der Waals surface area (Å²) in [5.74, 6) is 1.22. The van der Waals surface area contributed by atoms with E-state index in [0.717, 1.165) is 11.4 Å². The molecule has 2 amide bonds. The highest BCUT2D eigenvalue weighted by Gasteiger charge is 2.31. The highest BCUT2D eigenvalue weighted by atomic mass is 35.5. The summed E-state index contributed by atoms with van der Waals surface area (Å²) in [7, 11) is 0. The van der Waals surface area contributed by atoms with Crippen LogP contribution in [-0.2, 0) is 9.59 Å². The lowest BCUT2D eigenvalue weighted by molar-refractivity contribution is -0.121. The fourth-order valence-electron chi connectivity index (χ4n) is 2.47. The number of hydrogen-bond donors (Lipinski definition) is 1. The van der Waals surface area contributed by atoms with Crippen molar-refractivity contribution in [3.8, 4) is 5.75 Å². The third-order valence-corrected chi connectivity index (χ3v) is 3.75. The van der Waals surface area contributed by atoms with E-state index < -0.39 is 0 Å². The molecule has 2 rings (SSSR count). The first kappa shape index (κ1) is 16.6. The van der Waals surface area contributed by atoms with Crippen LogP contribution in [0.3, 0.4) is 0 Å². The second-order valence-corrected chi connectivity index (χ2v) is 5.57. The van der Waals surface area contributed by atoms with Gasteiger partial charge < -0.3 is 15.0 Å². The molecule has 0 saturated carbocycles. The molecule has 1 aromatic carbocycles. The number of carbonyl (C=O) groups excluding carboxylic acids is 2. The van der Waals surface area contributed by atoms with Gasteiger partial charge in [-0.3, -0.25) is 9.59 Å². The molecule has 1 N–H and O–H groups in total. The number of amides is 2. The molecule has 6 heteroatoms. The van der Waals surface area contributed by atoms with Gasteiger partial charge >= 0.3 is 0 Å². The van der Waals surface area contributed by atoms with Crippen LogP contribution in [0, 0.1) is 0 Å². The first-order valence-electron chi connectivity index (χ1n) is 7.52. The zero-order chi connectivity index (χ0) is 15.9. The molecule has 1 aromatic rings. The van der Waals surface area contributed by atoms with Gasteiger partial charge in [0.05, 0.1) is 12.6 Å². The molecule has 1 heterocycles. The standard InChI is InChI=1S/C16H21ClN2O3/c1-2-22-14-7-5-13(6-8-14)19-11-12(10-16(19)21)18-15(20)4-3-9-17/h5-8,12H,2-4,9-11H2,1H3,(H,18,20). The third-order valence-electron chi connectivity index (χ3n) is 3.49. The molecule has 1 saturated heterocycles. The van der Waals surface area contributed by atoms with Crippen molar-refractivity contribution < 1.29 is 14.3 Å². The Balaban J connectivity index is 1.93. The number of ether oxygens (including phenoxy) is 1. The van der Waals surface area contributed by atoms with E-state index in [-0.39, 0.29) is 17.9 Å². The Kier molecular flexibility index (Phi) is 6.07. The SMILES string of the molecule is CCOc1ccc(N2CC(NC(=O)CCCCl)CC2=O)cc1. The van der Waals surface area contributed by atoms with E-state index in [0.29, 0.717) is 38.3 Å². The van der Waals surface area contributed by atoms with E-state index >= 15 is 0 Å². The Hall–Kier alpha value is -1.75. The molecule has 1 atom stereocenters. The Morgan fingerprint density at radius 1 is 1.41 bits per heavy atom. The summed E-state index contributed by atoms with van der Waals surface area (Å²) in [4.78, 5) is 25.5. The van der Waals surface area contributed by atoms with Crippen LogP contribution in [0.25, 0.3) is 0 Å². The van der Waals surface area contributed by atoms with Crippen molar-refractivity contribution in [1.82, 2.24) is 5.32 Å². The molecule has 0 bridgehead atoms. The van der Waals surface area contributed by atoms with Gasteiger partial charge in [0.15, 0.2) is 0 Å². The van der Waals surface area contributed by atoms with Gasteiger partial charge in [-0.1, -0.05) is 0 Å². The maximum Gasteiger partial charge on any atom is 0.229 e. The van der Waals surface area contributed by atoms with Crippen molar-refractivity contribution >= 4 is 29.1 Å². The summed E-state index contributed by atoms with van der Waals surface area (Å²) in [6.07, 6.45) is 1.38. The van der Waals surface area contributed by atoms with Crippen LogP contribution >= 0.6 is 11.6 Å². The van der Waals surface area contributed by atoms with Crippen molar-refractivity contribution in [2.24, 2.45) is 0 Å². The summed E-state index contributed by atoms with van der Waals surface area (Å²) >= 11 is 5.57. The Morgan fingerprint density at radius 3 is 2.77 bits per heavy atom. The highest BCUT2D eigenvalue weighted by Crippen LogP contribution is 2.24. The second kappa shape index (κ2) is 8.03. The smallest absolute Gasteiger partial charge is 0.229 e. The van der Waals surface area contributed by atoms with Crippen LogP contribution in [0.15, 0.2) is 24.3 Å². The van der Waals surface area contributed by atoms with Crippen LogP contribution in [-0.4, -0.2) is 36.9 Å². The Labute approximate surface area is 135 Å². The average molecular weight is 325 g/mol. The van der Waals surface area contributed by atoms with Gasteiger partial charge in [0, 0.05) is 31.0 Å². The summed E-state index contributed by atoms with van der Waals surface area (Å²) in [6.45, 7) is 3.03. The van der Waals surface area contributed by atoms with Gasteiger partial charge in [-0.2, -0.15) is 0 Å². The maximum absolute atomic E-state index is 12.1. The van der Waals surface area contributed by atoms with Crippen molar-refractivity contribution in [2.45, 2.75) is 32.2 Å². The number of nitrogens with one attached hydrogen (secondary N) is 1. The largest absolute Gasteiger partial charge is 0.494 e. The van der Waals surface area contributed by atoms with Crippen molar-refractivity contribution in [2.75, 3.05) is 23.9 Å². The summed E-state index contributed by atoms with van der Waals surface area (Å²) in [5, 5.41) is 2.89. The van der Waals surface area contributed by atoms with Gasteiger partial charge in [0.2, 0.25) is 11.8 Å². The topological polar surface area (TPSA) is 58.6 Å². The van der Waals surface area contributed by atoms with E-state index in [1.165, 1.54) is 0 Å². The molecular formula is C16H21ClN2O3. The van der Waals surface area contributed by atoms with Gasteiger partial charge in [0.25, 0.3) is 0 Å². The lowest BCUT2D eigenvalue weighted by Crippen LogP contribution is -2.37. The van der Waals surface area contributed by atoms with Crippen LogP contribution in [0.2, 0.25) is 0 Å². The normalized spacial score (nSPS) is 17.6. The molecule has 1 aliphatic heterocycles. The molecule has 0 aromatic heterocycles. The molecule has 1 aliphatic rings. The van der Waals surface area contributed by atoms with E-state index in [4.69, 9.17) is 16.3 Å². The predicted molar refractivity (Wildman–Crippen MR) is 86.5 cm³/mol. The number of benzene rings is 1. The monoisotopic (exact) mass is 324 g/mol. The number of hydrogen-bond acceptors (Lipinski definition) is 3. The van der Waals surface area contributed by atoms with E-state index in [9.17, 15) is 9.59 Å². The Bertz CT molecular complexity index is 519. The summed E-state index contributed by atoms with van der Waals surface area (Å²) < 4.78 is 5.39. The number of rotatable bonds is 7. The molecule has 1 unspecified atom stereocenters. The van der Waals surface area contributed by atoms with Gasteiger partial charge in [-0.25, -0.2) is 0 Å². The van der Waals surface area contributed by atoms with Gasteiger partial charge in [-0.15, -0.1) is 11.6 Å². The maximum atomic E-state index is 12.1. The molecule has 1 fully saturated rings. The lowest BCUT2D eigenvalue weighted by Gasteiger charge is -2.17. The molecule has 22 heavy (non-hydrogen) atoms. The minimum absolute atomic E-state index is 0.0202. The molecule has 0 spiro atoms. The number of carbonyl (C=O) groups is 2. The van der Waals surface area contributed by atoms with E-state index in [2.05, 4.69) is 5.32 Å².